The summed E-state index contributed by atoms with van der Waals surface area (Å²) in [4.78, 5) is 10.9. The van der Waals surface area contributed by atoms with Gasteiger partial charge in [-0.25, -0.2) is 14.4 Å². The molecule has 3 aromatic rings. The van der Waals surface area contributed by atoms with Gasteiger partial charge in [-0.1, -0.05) is 11.6 Å². The van der Waals surface area contributed by atoms with E-state index in [2.05, 4.69) is 25.9 Å². The van der Waals surface area contributed by atoms with E-state index in [4.69, 9.17) is 11.6 Å². The van der Waals surface area contributed by atoms with Gasteiger partial charge in [0.2, 0.25) is 0 Å². The zero-order valence-corrected chi connectivity index (χ0v) is 13.8. The zero-order chi connectivity index (χ0) is 14.4. The Balaban J connectivity index is 2.24. The molecule has 0 amide bonds. The van der Waals surface area contributed by atoms with Crippen LogP contribution in [0.3, 0.4) is 0 Å². The van der Waals surface area contributed by atoms with Crippen molar-refractivity contribution in [3.05, 3.63) is 44.1 Å². The maximum Gasteiger partial charge on any atom is 0.162 e. The van der Waals surface area contributed by atoms with E-state index in [0.29, 0.717) is 15.5 Å². The van der Waals surface area contributed by atoms with Gasteiger partial charge in [-0.2, -0.15) is 0 Å². The second-order valence-corrected chi connectivity index (χ2v) is 6.85. The fourth-order valence-corrected chi connectivity index (χ4v) is 3.74. The normalized spacial score (nSPS) is 11.2. The van der Waals surface area contributed by atoms with Gasteiger partial charge in [0.25, 0.3) is 0 Å². The number of nitrogens with zero attached hydrogens (tertiary/aromatic N) is 2. The van der Waals surface area contributed by atoms with Crippen LogP contribution in [-0.2, 0) is 0 Å². The summed E-state index contributed by atoms with van der Waals surface area (Å²) in [6.45, 7) is 4.05. The van der Waals surface area contributed by atoms with Crippen molar-refractivity contribution in [2.75, 3.05) is 0 Å². The predicted molar refractivity (Wildman–Crippen MR) is 85.0 cm³/mol. The van der Waals surface area contributed by atoms with Gasteiger partial charge >= 0.3 is 0 Å². The highest BCUT2D eigenvalue weighted by molar-refractivity contribution is 9.10. The quantitative estimate of drug-likeness (QED) is 0.526. The standard InChI is InChI=1S/C14H9BrClFN2S/c1-6-7(2)20-14-11(6)12(16)18-13(19-14)8-3-4-10(17)9(15)5-8/h3-5H,1-2H3. The number of benzene rings is 1. The summed E-state index contributed by atoms with van der Waals surface area (Å²) in [5, 5.41) is 1.34. The lowest BCUT2D eigenvalue weighted by molar-refractivity contribution is 0.621. The Kier molecular flexibility index (Phi) is 3.52. The second kappa shape index (κ2) is 5.06. The van der Waals surface area contributed by atoms with Gasteiger partial charge < -0.3 is 0 Å². The molecule has 1 aromatic carbocycles. The molecule has 6 heteroatoms. The number of halogens is 3. The number of hydrogen-bond acceptors (Lipinski definition) is 3. The third-order valence-electron chi connectivity index (χ3n) is 3.16. The first-order valence-corrected chi connectivity index (χ1v) is 7.85. The lowest BCUT2D eigenvalue weighted by Crippen LogP contribution is -1.91. The van der Waals surface area contributed by atoms with Gasteiger partial charge in [0.15, 0.2) is 5.82 Å². The number of aromatic nitrogens is 2. The Morgan fingerprint density at radius 1 is 1.25 bits per heavy atom. The summed E-state index contributed by atoms with van der Waals surface area (Å²) in [6, 6.07) is 4.68. The van der Waals surface area contributed by atoms with E-state index in [1.54, 1.807) is 23.5 Å². The van der Waals surface area contributed by atoms with Crippen LogP contribution in [0.5, 0.6) is 0 Å². The first-order valence-electron chi connectivity index (χ1n) is 5.86. The molecule has 2 nitrogen and oxygen atoms in total. The van der Waals surface area contributed by atoms with Crippen molar-refractivity contribution in [1.29, 1.82) is 0 Å². The van der Waals surface area contributed by atoms with Crippen LogP contribution in [0.2, 0.25) is 5.15 Å². The minimum absolute atomic E-state index is 0.316. The summed E-state index contributed by atoms with van der Waals surface area (Å²) < 4.78 is 13.7. The lowest BCUT2D eigenvalue weighted by atomic mass is 10.2. The van der Waals surface area contributed by atoms with Crippen LogP contribution in [-0.4, -0.2) is 9.97 Å². The van der Waals surface area contributed by atoms with E-state index in [0.717, 1.165) is 21.3 Å². The zero-order valence-electron chi connectivity index (χ0n) is 10.7. The highest BCUT2D eigenvalue weighted by atomic mass is 79.9. The molecule has 0 fully saturated rings. The van der Waals surface area contributed by atoms with Crippen LogP contribution in [0.1, 0.15) is 10.4 Å². The molecule has 0 spiro atoms. The van der Waals surface area contributed by atoms with Gasteiger partial charge in [0, 0.05) is 10.4 Å². The minimum Gasteiger partial charge on any atom is -0.217 e. The molecular weight excluding hydrogens is 363 g/mol. The molecule has 0 radical (unpaired) electrons. The van der Waals surface area contributed by atoms with Crippen molar-refractivity contribution >= 4 is 49.1 Å². The van der Waals surface area contributed by atoms with Gasteiger partial charge in [-0.3, -0.25) is 0 Å². The molecule has 0 unspecified atom stereocenters. The lowest BCUT2D eigenvalue weighted by Gasteiger charge is -2.03. The second-order valence-electron chi connectivity index (χ2n) is 4.43. The minimum atomic E-state index is -0.316. The van der Waals surface area contributed by atoms with E-state index < -0.39 is 0 Å². The van der Waals surface area contributed by atoms with Crippen molar-refractivity contribution in [1.82, 2.24) is 9.97 Å². The average molecular weight is 372 g/mol. The summed E-state index contributed by atoms with van der Waals surface area (Å²) in [5.41, 5.74) is 1.84. The maximum atomic E-state index is 13.3. The molecule has 0 aliphatic rings. The molecule has 2 aromatic heterocycles. The van der Waals surface area contributed by atoms with Crippen LogP contribution in [0.4, 0.5) is 4.39 Å². The monoisotopic (exact) mass is 370 g/mol. The molecule has 0 aliphatic carbocycles. The first-order chi connectivity index (χ1) is 9.47. The van der Waals surface area contributed by atoms with Gasteiger partial charge in [0.05, 0.1) is 9.86 Å². The molecule has 20 heavy (non-hydrogen) atoms. The first kappa shape index (κ1) is 13.9. The molecule has 3 rings (SSSR count). The summed E-state index contributed by atoms with van der Waals surface area (Å²) in [5.74, 6) is 0.188. The molecule has 0 N–H and O–H groups in total. The SMILES string of the molecule is Cc1sc2nc(-c3ccc(F)c(Br)c3)nc(Cl)c2c1C. The van der Waals surface area contributed by atoms with Crippen molar-refractivity contribution in [2.45, 2.75) is 13.8 Å². The number of rotatable bonds is 1. The molecule has 0 aliphatic heterocycles. The number of aryl methyl sites for hydroxylation is 2. The Morgan fingerprint density at radius 3 is 2.70 bits per heavy atom. The van der Waals surface area contributed by atoms with Gasteiger partial charge in [-0.05, 0) is 53.5 Å². The molecule has 102 valence electrons. The summed E-state index contributed by atoms with van der Waals surface area (Å²) >= 11 is 11.0. The number of thiophene rings is 1. The van der Waals surface area contributed by atoms with E-state index in [9.17, 15) is 4.39 Å². The van der Waals surface area contributed by atoms with Crippen molar-refractivity contribution in [3.8, 4) is 11.4 Å². The Morgan fingerprint density at radius 2 is 2.00 bits per heavy atom. The van der Waals surface area contributed by atoms with Gasteiger partial charge in [-0.15, -0.1) is 11.3 Å². The predicted octanol–water partition coefficient (Wildman–Crippen LogP) is 5.53. The highest BCUT2D eigenvalue weighted by Gasteiger charge is 2.14. The number of fused-ring (bicyclic) bond motifs is 1. The fraction of sp³-hybridized carbons (Fsp3) is 0.143. The Bertz CT molecular complexity index is 832. The van der Waals surface area contributed by atoms with E-state index in [-0.39, 0.29) is 5.82 Å². The van der Waals surface area contributed by atoms with Crippen molar-refractivity contribution in [2.24, 2.45) is 0 Å². The Hall–Kier alpha value is -1.04. The van der Waals surface area contributed by atoms with Gasteiger partial charge in [0.1, 0.15) is 15.8 Å². The molecule has 0 bridgehead atoms. The highest BCUT2D eigenvalue weighted by Crippen LogP contribution is 2.35. The topological polar surface area (TPSA) is 25.8 Å². The third-order valence-corrected chi connectivity index (χ3v) is 5.14. The smallest absolute Gasteiger partial charge is 0.162 e. The fourth-order valence-electron chi connectivity index (χ4n) is 1.97. The van der Waals surface area contributed by atoms with E-state index in [1.807, 2.05) is 13.8 Å². The van der Waals surface area contributed by atoms with E-state index >= 15 is 0 Å². The number of hydrogen-bond donors (Lipinski definition) is 0. The van der Waals surface area contributed by atoms with Crippen LogP contribution < -0.4 is 0 Å². The molecule has 2 heterocycles. The largest absolute Gasteiger partial charge is 0.217 e. The summed E-state index contributed by atoms with van der Waals surface area (Å²) in [7, 11) is 0. The van der Waals surface area contributed by atoms with Crippen molar-refractivity contribution in [3.63, 3.8) is 0 Å². The summed E-state index contributed by atoms with van der Waals surface area (Å²) in [6.07, 6.45) is 0. The third kappa shape index (κ3) is 2.24. The molecule has 0 saturated heterocycles. The van der Waals surface area contributed by atoms with Crippen LogP contribution in [0.15, 0.2) is 22.7 Å². The molecule has 0 saturated carbocycles. The average Bonchev–Trinajstić information content (AvgIpc) is 2.68. The maximum absolute atomic E-state index is 13.3. The van der Waals surface area contributed by atoms with E-state index in [1.165, 1.54) is 10.9 Å². The van der Waals surface area contributed by atoms with Crippen LogP contribution in [0.25, 0.3) is 21.6 Å². The van der Waals surface area contributed by atoms with Crippen LogP contribution >= 0.6 is 38.9 Å². The molecular formula is C14H9BrClFN2S. The van der Waals surface area contributed by atoms with Crippen LogP contribution in [0, 0.1) is 19.7 Å². The molecule has 0 atom stereocenters. The Labute approximate surface area is 132 Å². The van der Waals surface area contributed by atoms with Crippen molar-refractivity contribution < 1.29 is 4.39 Å².